The molecule has 4 aromatic rings. The Morgan fingerprint density at radius 2 is 0.429 bits per heavy atom. The number of unbranched alkanes of at least 4 members (excludes halogenated alkanes) is 20. The van der Waals surface area contributed by atoms with Crippen LogP contribution in [0.3, 0.4) is 0 Å². The molecule has 4 rings (SSSR count). The molecule has 0 saturated heterocycles. The molecule has 0 heterocycles. The van der Waals surface area contributed by atoms with Crippen LogP contribution in [0.4, 0.5) is 22.7 Å². The average Bonchev–Trinajstić information content (AvgIpc) is 3.36. The van der Waals surface area contributed by atoms with Gasteiger partial charge in [-0.1, -0.05) is 205 Å². The minimum absolute atomic E-state index is 0.0205. The van der Waals surface area contributed by atoms with Gasteiger partial charge in [-0.3, -0.25) is 19.2 Å². The molecule has 4 amide bonds. The third kappa shape index (κ3) is 22.5. The molecule has 4 aromatic carbocycles. The van der Waals surface area contributed by atoms with E-state index in [1.54, 1.807) is 0 Å². The van der Waals surface area contributed by atoms with Crippen molar-refractivity contribution in [1.82, 2.24) is 0 Å². The van der Waals surface area contributed by atoms with Crippen molar-refractivity contribution in [2.24, 2.45) is 0 Å². The van der Waals surface area contributed by atoms with E-state index in [0.717, 1.165) is 133 Å². The summed E-state index contributed by atoms with van der Waals surface area (Å²) in [5.74, 6) is 0.0820. The summed E-state index contributed by atoms with van der Waals surface area (Å²) >= 11 is 0. The zero-order valence-electron chi connectivity index (χ0n) is 43.7. The van der Waals surface area contributed by atoms with Crippen LogP contribution in [-0.2, 0) is 19.2 Å². The number of benzene rings is 4. The zero-order valence-corrected chi connectivity index (χ0v) is 43.7. The fraction of sp³-hybridized carbons (Fsp3) is 0.516. The Balaban J connectivity index is 1.69. The Morgan fingerprint density at radius 1 is 0.257 bits per heavy atom. The SMILES string of the molecule is CCCCCCCCC(=O)Nc1ccc(C(=C(c2ccc(NC(=O)CCCCCCCC)cc2)c2ccc(NC(=O)CCCCCCCC)cc2)c2ccc(NC(=O)CCCCCCCC)cc2)cc1. The first-order valence-electron chi connectivity index (χ1n) is 27.6. The van der Waals surface area contributed by atoms with E-state index < -0.39 is 0 Å². The molecule has 8 heteroatoms. The average molecular weight is 953 g/mol. The van der Waals surface area contributed by atoms with Crippen molar-refractivity contribution in [3.05, 3.63) is 119 Å². The minimum atomic E-state index is 0.0205. The molecule has 0 bridgehead atoms. The van der Waals surface area contributed by atoms with Crippen LogP contribution in [0.15, 0.2) is 97.1 Å². The van der Waals surface area contributed by atoms with Gasteiger partial charge in [-0.2, -0.15) is 0 Å². The van der Waals surface area contributed by atoms with Crippen LogP contribution in [0.5, 0.6) is 0 Å². The van der Waals surface area contributed by atoms with E-state index in [-0.39, 0.29) is 23.6 Å². The van der Waals surface area contributed by atoms with Crippen LogP contribution >= 0.6 is 0 Å². The number of carbonyl (C=O) groups excluding carboxylic acids is 4. The lowest BCUT2D eigenvalue weighted by atomic mass is 9.85. The van der Waals surface area contributed by atoms with Gasteiger partial charge >= 0.3 is 0 Å². The molecule has 380 valence electrons. The van der Waals surface area contributed by atoms with Gasteiger partial charge in [0.25, 0.3) is 0 Å². The quantitative estimate of drug-likeness (QED) is 0.0268. The molecule has 0 aromatic heterocycles. The molecule has 0 radical (unpaired) electrons. The Labute approximate surface area is 423 Å². The highest BCUT2D eigenvalue weighted by atomic mass is 16.2. The molecule has 0 unspecified atom stereocenters. The number of rotatable bonds is 36. The minimum Gasteiger partial charge on any atom is -0.326 e. The lowest BCUT2D eigenvalue weighted by molar-refractivity contribution is -0.117. The standard InChI is InChI=1S/C62H88N4O4/c1-5-9-13-17-21-25-29-57(67)63-53-41-33-49(34-42-53)61(50-35-43-54(44-36-50)64-58(68)30-26-22-18-14-10-6-2)62(51-37-45-55(46-38-51)65-59(69)31-27-23-19-15-11-7-3)52-39-47-56(48-40-52)66-60(70)32-28-24-20-16-12-8-4/h33-48H,5-32H2,1-4H3,(H,63,67)(H,64,68)(H,65,69)(H,66,70). The van der Waals surface area contributed by atoms with Gasteiger partial charge in [0.05, 0.1) is 0 Å². The highest BCUT2D eigenvalue weighted by Crippen LogP contribution is 2.38. The van der Waals surface area contributed by atoms with Crippen molar-refractivity contribution < 1.29 is 19.2 Å². The third-order valence-electron chi connectivity index (χ3n) is 13.1. The molecule has 0 fully saturated rings. The van der Waals surface area contributed by atoms with Crippen molar-refractivity contribution in [3.63, 3.8) is 0 Å². The smallest absolute Gasteiger partial charge is 0.224 e. The first-order chi connectivity index (χ1) is 34.2. The molecule has 0 aliphatic carbocycles. The van der Waals surface area contributed by atoms with Gasteiger partial charge in [-0.05, 0) is 108 Å². The van der Waals surface area contributed by atoms with Crippen LogP contribution in [0.25, 0.3) is 11.1 Å². The van der Waals surface area contributed by atoms with Crippen molar-refractivity contribution >= 4 is 57.5 Å². The molecule has 4 N–H and O–H groups in total. The van der Waals surface area contributed by atoms with Crippen molar-refractivity contribution in [2.45, 2.75) is 207 Å². The van der Waals surface area contributed by atoms with E-state index in [0.29, 0.717) is 25.7 Å². The van der Waals surface area contributed by atoms with E-state index in [1.165, 1.54) is 77.0 Å². The predicted octanol–water partition coefficient (Wildman–Crippen LogP) is 17.5. The van der Waals surface area contributed by atoms with Gasteiger partial charge < -0.3 is 21.3 Å². The van der Waals surface area contributed by atoms with Crippen LogP contribution in [0.2, 0.25) is 0 Å². The van der Waals surface area contributed by atoms with Gasteiger partial charge in [-0.15, -0.1) is 0 Å². The van der Waals surface area contributed by atoms with Gasteiger partial charge in [0, 0.05) is 48.4 Å². The Kier molecular flexibility index (Phi) is 28.3. The number of carbonyl (C=O) groups is 4. The molecule has 0 aliphatic rings. The van der Waals surface area contributed by atoms with Gasteiger partial charge in [-0.25, -0.2) is 0 Å². The summed E-state index contributed by atoms with van der Waals surface area (Å²) in [4.78, 5) is 52.1. The first-order valence-corrected chi connectivity index (χ1v) is 27.6. The van der Waals surface area contributed by atoms with Crippen molar-refractivity contribution in [2.75, 3.05) is 21.3 Å². The van der Waals surface area contributed by atoms with Crippen LogP contribution in [-0.4, -0.2) is 23.6 Å². The number of hydrogen-bond acceptors (Lipinski definition) is 4. The fourth-order valence-corrected chi connectivity index (χ4v) is 8.95. The summed E-state index contributed by atoms with van der Waals surface area (Å²) in [6.45, 7) is 8.85. The van der Waals surface area contributed by atoms with Crippen molar-refractivity contribution in [1.29, 1.82) is 0 Å². The molecule has 0 spiro atoms. The highest BCUT2D eigenvalue weighted by Gasteiger charge is 2.18. The van der Waals surface area contributed by atoms with E-state index >= 15 is 0 Å². The summed E-state index contributed by atoms with van der Waals surface area (Å²) in [7, 11) is 0. The summed E-state index contributed by atoms with van der Waals surface area (Å²) in [6.07, 6.45) is 29.0. The maximum atomic E-state index is 13.0. The summed E-state index contributed by atoms with van der Waals surface area (Å²) < 4.78 is 0. The molecular formula is C62H88N4O4. The Hall–Kier alpha value is -5.50. The maximum Gasteiger partial charge on any atom is 0.224 e. The summed E-state index contributed by atoms with van der Waals surface area (Å²) in [5.41, 5.74) is 8.64. The summed E-state index contributed by atoms with van der Waals surface area (Å²) in [5, 5.41) is 12.5. The first kappa shape index (κ1) is 57.1. The molecule has 0 aliphatic heterocycles. The molecule has 0 saturated carbocycles. The Morgan fingerprint density at radius 3 is 0.614 bits per heavy atom. The third-order valence-corrected chi connectivity index (χ3v) is 13.1. The van der Waals surface area contributed by atoms with Gasteiger partial charge in [0.1, 0.15) is 0 Å². The van der Waals surface area contributed by atoms with E-state index in [2.05, 4.69) is 97.5 Å². The molecule has 0 atom stereocenters. The summed E-state index contributed by atoms with van der Waals surface area (Å²) in [6, 6.07) is 32.2. The number of nitrogens with one attached hydrogen (secondary N) is 4. The van der Waals surface area contributed by atoms with Crippen LogP contribution < -0.4 is 21.3 Å². The topological polar surface area (TPSA) is 116 Å². The lowest BCUT2D eigenvalue weighted by Gasteiger charge is -2.20. The molecule has 8 nitrogen and oxygen atoms in total. The predicted molar refractivity (Wildman–Crippen MR) is 297 cm³/mol. The largest absolute Gasteiger partial charge is 0.326 e. The van der Waals surface area contributed by atoms with E-state index in [9.17, 15) is 19.2 Å². The second kappa shape index (κ2) is 34.7. The van der Waals surface area contributed by atoms with E-state index in [1.807, 2.05) is 48.5 Å². The van der Waals surface area contributed by atoms with Gasteiger partial charge in [0.15, 0.2) is 0 Å². The number of anilines is 4. The van der Waals surface area contributed by atoms with Gasteiger partial charge in [0.2, 0.25) is 23.6 Å². The van der Waals surface area contributed by atoms with E-state index in [4.69, 9.17) is 0 Å². The Bertz CT molecular complexity index is 1820. The van der Waals surface area contributed by atoms with Crippen molar-refractivity contribution in [3.8, 4) is 0 Å². The number of amides is 4. The second-order valence-corrected chi connectivity index (χ2v) is 19.3. The second-order valence-electron chi connectivity index (χ2n) is 19.3. The molecular weight excluding hydrogens is 865 g/mol. The van der Waals surface area contributed by atoms with Crippen LogP contribution in [0.1, 0.15) is 230 Å². The van der Waals surface area contributed by atoms with Crippen LogP contribution in [0, 0.1) is 0 Å². The highest BCUT2D eigenvalue weighted by molar-refractivity contribution is 6.05. The normalized spacial score (nSPS) is 11.0. The lowest BCUT2D eigenvalue weighted by Crippen LogP contribution is -2.11. The maximum absolute atomic E-state index is 13.0. The fourth-order valence-electron chi connectivity index (χ4n) is 8.95. The monoisotopic (exact) mass is 953 g/mol. The zero-order chi connectivity index (χ0) is 50.0. The molecule has 70 heavy (non-hydrogen) atoms. The number of hydrogen-bond donors (Lipinski definition) is 4.